The van der Waals surface area contributed by atoms with Gasteiger partial charge in [0.1, 0.15) is 6.61 Å². The molecule has 0 bridgehead atoms. The predicted molar refractivity (Wildman–Crippen MR) is 126 cm³/mol. The Balaban J connectivity index is 1.51. The van der Waals surface area contributed by atoms with Crippen molar-refractivity contribution < 1.29 is 13.9 Å². The van der Waals surface area contributed by atoms with Crippen LogP contribution in [-0.2, 0) is 11.4 Å². The molecule has 0 radical (unpaired) electrons. The van der Waals surface area contributed by atoms with E-state index in [0.29, 0.717) is 11.0 Å². The molecule has 7 nitrogen and oxygen atoms in total. The minimum Gasteiger partial charge on any atom is -0.483 e. The first kappa shape index (κ1) is 23.3. The first-order valence-corrected chi connectivity index (χ1v) is 12.0. The van der Waals surface area contributed by atoms with Gasteiger partial charge in [-0.05, 0) is 37.7 Å². The van der Waals surface area contributed by atoms with Crippen LogP contribution in [-0.4, -0.2) is 68.4 Å². The Morgan fingerprint density at radius 1 is 1.06 bits per heavy atom. The largest absolute Gasteiger partial charge is 0.483 e. The Labute approximate surface area is 197 Å². The summed E-state index contributed by atoms with van der Waals surface area (Å²) in [6.45, 7) is 8.37. The van der Waals surface area contributed by atoms with Crippen molar-refractivity contribution in [3.05, 3.63) is 66.2 Å². The molecule has 1 amide bonds. The van der Waals surface area contributed by atoms with E-state index < -0.39 is 5.82 Å². The van der Waals surface area contributed by atoms with Crippen LogP contribution < -0.4 is 4.74 Å². The summed E-state index contributed by atoms with van der Waals surface area (Å²) in [5.74, 6) is 0.357. The maximum absolute atomic E-state index is 14.0. The minimum atomic E-state index is -0.430. The fourth-order valence-electron chi connectivity index (χ4n) is 3.76. The number of hydrogen-bond acceptors (Lipinski definition) is 6. The van der Waals surface area contributed by atoms with Gasteiger partial charge < -0.3 is 14.5 Å². The molecule has 1 atom stereocenters. The van der Waals surface area contributed by atoms with E-state index in [9.17, 15) is 9.18 Å². The summed E-state index contributed by atoms with van der Waals surface area (Å²) in [6.07, 6.45) is 0. The molecule has 1 aliphatic heterocycles. The molecule has 4 rings (SSSR count). The van der Waals surface area contributed by atoms with Gasteiger partial charge in [-0.3, -0.25) is 9.36 Å². The summed E-state index contributed by atoms with van der Waals surface area (Å²) in [5.41, 5.74) is 0.855. The van der Waals surface area contributed by atoms with Crippen molar-refractivity contribution in [2.75, 3.05) is 32.7 Å². The Morgan fingerprint density at radius 3 is 2.45 bits per heavy atom. The number of likely N-dealkylation sites (N-methyl/N-ethyl adjacent to an activating group) is 1. The lowest BCUT2D eigenvalue weighted by atomic mass is 10.3. The van der Waals surface area contributed by atoms with E-state index in [4.69, 9.17) is 4.74 Å². The number of amides is 1. The molecule has 2 aromatic carbocycles. The summed E-state index contributed by atoms with van der Waals surface area (Å²) in [4.78, 5) is 17.3. The van der Waals surface area contributed by atoms with Crippen molar-refractivity contribution in [1.82, 2.24) is 24.6 Å². The number of para-hydroxylation sites is 2. The normalized spacial score (nSPS) is 15.4. The van der Waals surface area contributed by atoms with Gasteiger partial charge in [0.25, 0.3) is 0 Å². The summed E-state index contributed by atoms with van der Waals surface area (Å²) in [5, 5.41) is 8.92. The standard InChI is InChI=1S/C24H28FN5O2S/c1-3-28-13-15-29(16-14-28)23(31)18(2)33-24-27-26-22(30(24)19-9-5-4-6-10-19)17-32-21-12-8-7-11-20(21)25/h4-12,18H,3,13-17H2,1-2H3/t18-/m1/s1. The van der Waals surface area contributed by atoms with Crippen LogP contribution in [0.4, 0.5) is 4.39 Å². The van der Waals surface area contributed by atoms with Crippen LogP contribution in [0.25, 0.3) is 5.69 Å². The first-order chi connectivity index (χ1) is 16.1. The average Bonchev–Trinajstić information content (AvgIpc) is 3.25. The van der Waals surface area contributed by atoms with Crippen molar-refractivity contribution in [3.63, 3.8) is 0 Å². The number of thioether (sulfide) groups is 1. The van der Waals surface area contributed by atoms with Gasteiger partial charge in [-0.25, -0.2) is 4.39 Å². The predicted octanol–water partition coefficient (Wildman–Crippen LogP) is 3.63. The van der Waals surface area contributed by atoms with Crippen LogP contribution in [0.5, 0.6) is 5.75 Å². The molecule has 1 aliphatic rings. The Kier molecular flexibility index (Phi) is 7.61. The lowest BCUT2D eigenvalue weighted by Gasteiger charge is -2.35. The first-order valence-electron chi connectivity index (χ1n) is 11.1. The highest BCUT2D eigenvalue weighted by Crippen LogP contribution is 2.28. The van der Waals surface area contributed by atoms with Crippen molar-refractivity contribution in [1.29, 1.82) is 0 Å². The van der Waals surface area contributed by atoms with Gasteiger partial charge in [-0.2, -0.15) is 0 Å². The number of benzene rings is 2. The summed E-state index contributed by atoms with van der Waals surface area (Å²) in [6, 6.07) is 15.9. The van der Waals surface area contributed by atoms with Crippen LogP contribution in [0.2, 0.25) is 0 Å². The SMILES string of the molecule is CCN1CCN(C(=O)[C@@H](C)Sc2nnc(COc3ccccc3F)n2-c2ccccc2)CC1. The molecule has 1 aromatic heterocycles. The molecule has 0 N–H and O–H groups in total. The second kappa shape index (κ2) is 10.8. The van der Waals surface area contributed by atoms with Gasteiger partial charge in [-0.15, -0.1) is 10.2 Å². The molecule has 1 saturated heterocycles. The smallest absolute Gasteiger partial charge is 0.235 e. The molecule has 0 unspecified atom stereocenters. The highest BCUT2D eigenvalue weighted by Gasteiger charge is 2.27. The maximum atomic E-state index is 14.0. The third kappa shape index (κ3) is 5.54. The zero-order valence-corrected chi connectivity index (χ0v) is 19.7. The number of carbonyl (C=O) groups is 1. The number of carbonyl (C=O) groups excluding carboxylic acids is 1. The lowest BCUT2D eigenvalue weighted by molar-refractivity contribution is -0.132. The molecule has 0 aliphatic carbocycles. The van der Waals surface area contributed by atoms with Crippen molar-refractivity contribution in [2.45, 2.75) is 30.9 Å². The Bertz CT molecular complexity index is 1070. The molecule has 3 aromatic rings. The molecular weight excluding hydrogens is 441 g/mol. The summed E-state index contributed by atoms with van der Waals surface area (Å²) < 4.78 is 21.5. The highest BCUT2D eigenvalue weighted by atomic mass is 32.2. The number of ether oxygens (including phenoxy) is 1. The van der Waals surface area contributed by atoms with Crippen LogP contribution in [0.15, 0.2) is 59.8 Å². The van der Waals surface area contributed by atoms with E-state index >= 15 is 0 Å². The zero-order chi connectivity index (χ0) is 23.2. The van der Waals surface area contributed by atoms with Crippen LogP contribution in [0.3, 0.4) is 0 Å². The number of aromatic nitrogens is 3. The average molecular weight is 470 g/mol. The van der Waals surface area contributed by atoms with E-state index in [2.05, 4.69) is 22.0 Å². The lowest BCUT2D eigenvalue weighted by Crippen LogP contribution is -2.50. The van der Waals surface area contributed by atoms with Crippen molar-refractivity contribution >= 4 is 17.7 Å². The molecule has 174 valence electrons. The van der Waals surface area contributed by atoms with Gasteiger partial charge in [0, 0.05) is 31.9 Å². The van der Waals surface area contributed by atoms with Crippen molar-refractivity contribution in [3.8, 4) is 11.4 Å². The van der Waals surface area contributed by atoms with E-state index in [1.165, 1.54) is 17.8 Å². The second-order valence-electron chi connectivity index (χ2n) is 7.81. The number of rotatable bonds is 8. The molecule has 2 heterocycles. The molecule has 0 saturated carbocycles. The number of nitrogens with zero attached hydrogens (tertiary/aromatic N) is 5. The maximum Gasteiger partial charge on any atom is 0.235 e. The van der Waals surface area contributed by atoms with Gasteiger partial charge in [-0.1, -0.05) is 49.0 Å². The second-order valence-corrected chi connectivity index (χ2v) is 9.12. The monoisotopic (exact) mass is 469 g/mol. The summed E-state index contributed by atoms with van der Waals surface area (Å²) in [7, 11) is 0. The van der Waals surface area contributed by atoms with Crippen LogP contribution in [0.1, 0.15) is 19.7 Å². The van der Waals surface area contributed by atoms with E-state index in [-0.39, 0.29) is 23.5 Å². The number of hydrogen-bond donors (Lipinski definition) is 0. The third-order valence-corrected chi connectivity index (χ3v) is 6.70. The quantitative estimate of drug-likeness (QED) is 0.470. The number of piperazine rings is 1. The third-order valence-electron chi connectivity index (χ3n) is 5.67. The van der Waals surface area contributed by atoms with Crippen molar-refractivity contribution in [2.24, 2.45) is 0 Å². The molecular formula is C24H28FN5O2S. The Morgan fingerprint density at radius 2 is 1.76 bits per heavy atom. The van der Waals surface area contributed by atoms with E-state index in [1.807, 2.05) is 46.7 Å². The van der Waals surface area contributed by atoms with Crippen LogP contribution in [0, 0.1) is 5.82 Å². The number of halogens is 1. The molecule has 1 fully saturated rings. The fraction of sp³-hybridized carbons (Fsp3) is 0.375. The van der Waals surface area contributed by atoms with E-state index in [0.717, 1.165) is 38.4 Å². The van der Waals surface area contributed by atoms with Gasteiger partial charge >= 0.3 is 0 Å². The zero-order valence-electron chi connectivity index (χ0n) is 18.9. The fourth-order valence-corrected chi connectivity index (χ4v) is 4.73. The summed E-state index contributed by atoms with van der Waals surface area (Å²) >= 11 is 1.37. The molecule has 33 heavy (non-hydrogen) atoms. The Hall–Kier alpha value is -2.91. The van der Waals surface area contributed by atoms with Gasteiger partial charge in [0.15, 0.2) is 22.5 Å². The topological polar surface area (TPSA) is 63.5 Å². The van der Waals surface area contributed by atoms with Crippen LogP contribution >= 0.6 is 11.8 Å². The molecule has 0 spiro atoms. The molecule has 9 heteroatoms. The minimum absolute atomic E-state index is 0.0463. The van der Waals surface area contributed by atoms with Gasteiger partial charge in [0.2, 0.25) is 5.91 Å². The van der Waals surface area contributed by atoms with Gasteiger partial charge in [0.05, 0.1) is 5.25 Å². The highest BCUT2D eigenvalue weighted by molar-refractivity contribution is 8.00. The van der Waals surface area contributed by atoms with E-state index in [1.54, 1.807) is 18.2 Å².